The lowest BCUT2D eigenvalue weighted by atomic mass is 10.0. The van der Waals surface area contributed by atoms with Crippen molar-refractivity contribution >= 4 is 45.4 Å². The number of nitrogens with one attached hydrogen (secondary N) is 1. The summed E-state index contributed by atoms with van der Waals surface area (Å²) in [5, 5.41) is 4.37. The van der Waals surface area contributed by atoms with Crippen LogP contribution in [0, 0.1) is 12.7 Å². The van der Waals surface area contributed by atoms with Crippen molar-refractivity contribution in [2.24, 2.45) is 0 Å². The Hall–Kier alpha value is -3.53. The molecule has 0 bridgehead atoms. The summed E-state index contributed by atoms with van der Waals surface area (Å²) in [4.78, 5) is 18.7. The van der Waals surface area contributed by atoms with Gasteiger partial charge in [0.15, 0.2) is 5.82 Å². The zero-order chi connectivity index (χ0) is 26.1. The van der Waals surface area contributed by atoms with Crippen LogP contribution in [0.3, 0.4) is 0 Å². The maximum Gasteiger partial charge on any atom is 0.152 e. The van der Waals surface area contributed by atoms with E-state index in [0.717, 1.165) is 60.0 Å². The maximum absolute atomic E-state index is 14.6. The molecular formula is C28H28ClFN6O2. The van der Waals surface area contributed by atoms with Gasteiger partial charge in [0, 0.05) is 43.3 Å². The van der Waals surface area contributed by atoms with Crippen molar-refractivity contribution in [1.82, 2.24) is 15.0 Å². The maximum atomic E-state index is 14.6. The third-order valence-corrected chi connectivity index (χ3v) is 7.36. The van der Waals surface area contributed by atoms with Gasteiger partial charge in [0.25, 0.3) is 0 Å². The highest BCUT2D eigenvalue weighted by Crippen LogP contribution is 2.40. The summed E-state index contributed by atoms with van der Waals surface area (Å²) in [6.45, 7) is 7.71. The van der Waals surface area contributed by atoms with Crippen LogP contribution in [0.2, 0.25) is 5.02 Å². The number of anilines is 4. The summed E-state index contributed by atoms with van der Waals surface area (Å²) in [5.74, 6) is 0.320. The van der Waals surface area contributed by atoms with Crippen molar-refractivity contribution in [3.8, 4) is 11.4 Å². The molecule has 8 nitrogen and oxygen atoms in total. The van der Waals surface area contributed by atoms with Gasteiger partial charge in [-0.1, -0.05) is 17.7 Å². The molecule has 6 rings (SSSR count). The number of rotatable bonds is 5. The quantitative estimate of drug-likeness (QED) is 0.374. The number of aromatic nitrogens is 3. The van der Waals surface area contributed by atoms with Crippen molar-refractivity contribution in [2.45, 2.75) is 6.92 Å². The molecule has 2 fully saturated rings. The molecule has 2 saturated heterocycles. The summed E-state index contributed by atoms with van der Waals surface area (Å²) in [5.41, 5.74) is 5.22. The van der Waals surface area contributed by atoms with Gasteiger partial charge >= 0.3 is 0 Å². The van der Waals surface area contributed by atoms with E-state index in [1.54, 1.807) is 12.3 Å². The minimum absolute atomic E-state index is 0.0173. The Balaban J connectivity index is 1.52. The molecule has 2 aliphatic heterocycles. The first kappa shape index (κ1) is 24.8. The minimum atomic E-state index is -0.515. The smallest absolute Gasteiger partial charge is 0.152 e. The lowest BCUT2D eigenvalue weighted by molar-refractivity contribution is 0.122. The van der Waals surface area contributed by atoms with Gasteiger partial charge in [-0.15, -0.1) is 0 Å². The number of benzene rings is 1. The number of nitrogens with zero attached hydrogens (tertiary/aromatic N) is 5. The van der Waals surface area contributed by atoms with E-state index in [1.165, 1.54) is 6.07 Å². The zero-order valence-electron chi connectivity index (χ0n) is 21.1. The van der Waals surface area contributed by atoms with E-state index in [-0.39, 0.29) is 5.02 Å². The van der Waals surface area contributed by atoms with Gasteiger partial charge in [-0.25, -0.2) is 14.4 Å². The van der Waals surface area contributed by atoms with E-state index < -0.39 is 5.82 Å². The Morgan fingerprint density at radius 1 is 0.947 bits per heavy atom. The molecule has 0 radical (unpaired) electrons. The number of fused-ring (bicyclic) bond motifs is 1. The van der Waals surface area contributed by atoms with Crippen molar-refractivity contribution < 1.29 is 13.9 Å². The van der Waals surface area contributed by atoms with Gasteiger partial charge in [0.05, 0.1) is 66.6 Å². The largest absolute Gasteiger partial charge is 0.378 e. The summed E-state index contributed by atoms with van der Waals surface area (Å²) in [6, 6.07) is 10.9. The highest BCUT2D eigenvalue weighted by molar-refractivity contribution is 6.35. The first-order chi connectivity index (χ1) is 18.6. The number of hydrogen-bond donors (Lipinski definition) is 1. The average Bonchev–Trinajstić information content (AvgIpc) is 2.97. The van der Waals surface area contributed by atoms with Crippen molar-refractivity contribution in [3.05, 3.63) is 65.2 Å². The molecule has 0 aliphatic carbocycles. The van der Waals surface area contributed by atoms with Crippen LogP contribution in [0.1, 0.15) is 5.56 Å². The normalized spacial score (nSPS) is 16.2. The van der Waals surface area contributed by atoms with Crippen LogP contribution < -0.4 is 15.1 Å². The second-order valence-corrected chi connectivity index (χ2v) is 9.70. The van der Waals surface area contributed by atoms with E-state index in [4.69, 9.17) is 31.0 Å². The monoisotopic (exact) mass is 534 g/mol. The summed E-state index contributed by atoms with van der Waals surface area (Å²) in [6.07, 6.45) is 3.64. The lowest BCUT2D eigenvalue weighted by Gasteiger charge is -2.32. The van der Waals surface area contributed by atoms with Gasteiger partial charge in [0.2, 0.25) is 0 Å². The third kappa shape index (κ3) is 4.73. The van der Waals surface area contributed by atoms with Crippen LogP contribution in [0.4, 0.5) is 27.3 Å². The molecule has 3 aromatic heterocycles. The predicted octanol–water partition coefficient (Wildman–Crippen LogP) is 5.21. The molecule has 2 aliphatic rings. The van der Waals surface area contributed by atoms with Crippen LogP contribution in [0.5, 0.6) is 0 Å². The van der Waals surface area contributed by atoms with Gasteiger partial charge in [-0.2, -0.15) is 0 Å². The lowest BCUT2D eigenvalue weighted by Crippen LogP contribution is -2.38. The zero-order valence-corrected chi connectivity index (χ0v) is 21.8. The Morgan fingerprint density at radius 2 is 1.68 bits per heavy atom. The standard InChI is InChI=1S/C28H28ClFN6O2/c1-18-25(20-5-6-21(30)24(29)27(20)34-26(18)22-4-2-3-7-31-22)33-23-16-19(35-8-12-37-13-9-35)17-32-28(23)36-10-14-38-15-11-36/h2-7,16-17H,8-15H2,1H3,(H,33,34). The molecule has 4 aromatic rings. The third-order valence-electron chi connectivity index (χ3n) is 7.00. The molecular weight excluding hydrogens is 507 g/mol. The highest BCUT2D eigenvalue weighted by atomic mass is 35.5. The van der Waals surface area contributed by atoms with Crippen LogP contribution in [0.15, 0.2) is 48.8 Å². The fraction of sp³-hybridized carbons (Fsp3) is 0.321. The Labute approximate surface area is 225 Å². The van der Waals surface area contributed by atoms with Crippen LogP contribution >= 0.6 is 11.6 Å². The Morgan fingerprint density at radius 3 is 2.39 bits per heavy atom. The first-order valence-corrected chi connectivity index (χ1v) is 13.1. The number of hydrogen-bond acceptors (Lipinski definition) is 8. The number of morpholine rings is 2. The summed E-state index contributed by atoms with van der Waals surface area (Å²) in [7, 11) is 0. The first-order valence-electron chi connectivity index (χ1n) is 12.7. The minimum Gasteiger partial charge on any atom is -0.378 e. The Kier molecular flexibility index (Phi) is 6.97. The number of pyridine rings is 3. The van der Waals surface area contributed by atoms with E-state index in [1.807, 2.05) is 31.3 Å². The second-order valence-electron chi connectivity index (χ2n) is 9.32. The van der Waals surface area contributed by atoms with Crippen LogP contribution in [-0.2, 0) is 9.47 Å². The van der Waals surface area contributed by atoms with Gasteiger partial charge in [0.1, 0.15) is 10.8 Å². The topological polar surface area (TPSA) is 75.6 Å². The molecule has 1 N–H and O–H groups in total. The molecule has 0 spiro atoms. The molecule has 196 valence electrons. The fourth-order valence-electron chi connectivity index (χ4n) is 4.98. The summed E-state index contributed by atoms with van der Waals surface area (Å²) >= 11 is 6.45. The van der Waals surface area contributed by atoms with Crippen LogP contribution in [-0.4, -0.2) is 67.6 Å². The molecule has 10 heteroatoms. The molecule has 1 aromatic carbocycles. The van der Waals surface area contributed by atoms with Gasteiger partial charge in [-0.05, 0) is 37.3 Å². The van der Waals surface area contributed by atoms with Gasteiger partial charge < -0.3 is 24.6 Å². The average molecular weight is 535 g/mol. The SMILES string of the molecule is Cc1c(-c2ccccn2)nc2c(Cl)c(F)ccc2c1Nc1cc(N2CCOCC2)cnc1N1CCOCC1. The van der Waals surface area contributed by atoms with E-state index in [9.17, 15) is 4.39 Å². The predicted molar refractivity (Wildman–Crippen MR) is 148 cm³/mol. The molecule has 38 heavy (non-hydrogen) atoms. The van der Waals surface area contributed by atoms with E-state index >= 15 is 0 Å². The van der Waals surface area contributed by atoms with Crippen molar-refractivity contribution in [3.63, 3.8) is 0 Å². The fourth-order valence-corrected chi connectivity index (χ4v) is 5.18. The number of ether oxygens (including phenoxy) is 2. The van der Waals surface area contributed by atoms with E-state index in [0.29, 0.717) is 43.3 Å². The van der Waals surface area contributed by atoms with Gasteiger partial charge in [-0.3, -0.25) is 4.98 Å². The van der Waals surface area contributed by atoms with Crippen molar-refractivity contribution in [2.75, 3.05) is 67.7 Å². The Bertz CT molecular complexity index is 1460. The summed E-state index contributed by atoms with van der Waals surface area (Å²) < 4.78 is 25.7. The number of halogens is 2. The molecule has 0 amide bonds. The molecule has 0 unspecified atom stereocenters. The van der Waals surface area contributed by atoms with Crippen molar-refractivity contribution in [1.29, 1.82) is 0 Å². The molecule has 0 saturated carbocycles. The highest BCUT2D eigenvalue weighted by Gasteiger charge is 2.23. The van der Waals surface area contributed by atoms with E-state index in [2.05, 4.69) is 26.2 Å². The second kappa shape index (κ2) is 10.7. The van der Waals surface area contributed by atoms with Crippen LogP contribution in [0.25, 0.3) is 22.3 Å². The molecule has 5 heterocycles. The molecule has 0 atom stereocenters.